The Labute approximate surface area is 223 Å². The van der Waals surface area contributed by atoms with Crippen molar-refractivity contribution in [1.82, 2.24) is 5.43 Å². The van der Waals surface area contributed by atoms with E-state index in [0.29, 0.717) is 23.0 Å². The van der Waals surface area contributed by atoms with E-state index in [1.807, 2.05) is 72.8 Å². The van der Waals surface area contributed by atoms with Crippen LogP contribution in [0.4, 0.5) is 0 Å². The number of carbonyl (C=O) groups excluding carboxylic acids is 1. The first-order valence-electron chi connectivity index (χ1n) is 10.6. The van der Waals surface area contributed by atoms with Gasteiger partial charge in [0, 0.05) is 26.0 Å². The molecule has 0 saturated carbocycles. The molecule has 5 aromatic rings. The van der Waals surface area contributed by atoms with E-state index in [9.17, 15) is 4.79 Å². The van der Waals surface area contributed by atoms with Gasteiger partial charge in [0.2, 0.25) is 0 Å². The molecular weight excluding hydrogens is 596 g/mol. The van der Waals surface area contributed by atoms with Crippen molar-refractivity contribution in [1.29, 1.82) is 0 Å². The summed E-state index contributed by atoms with van der Waals surface area (Å²) in [5, 5.41) is 7.61. The van der Waals surface area contributed by atoms with Crippen molar-refractivity contribution in [2.75, 3.05) is 0 Å². The molecule has 0 aliphatic heterocycles. The number of nitrogens with zero attached hydrogens (tertiary/aromatic N) is 1. The Kier molecular flexibility index (Phi) is 6.90. The molecule has 0 aliphatic rings. The van der Waals surface area contributed by atoms with E-state index >= 15 is 0 Å². The summed E-state index contributed by atoms with van der Waals surface area (Å²) in [6, 6.07) is 24.7. The van der Waals surface area contributed by atoms with Crippen LogP contribution in [0.3, 0.4) is 0 Å². The third kappa shape index (κ3) is 5.12. The Bertz CT molecular complexity index is 1600. The highest BCUT2D eigenvalue weighted by Crippen LogP contribution is 2.31. The second-order valence-electron chi connectivity index (χ2n) is 7.69. The van der Waals surface area contributed by atoms with Crippen LogP contribution in [0.2, 0.25) is 5.02 Å². The smallest absolute Gasteiger partial charge is 0.307 e. The van der Waals surface area contributed by atoms with Gasteiger partial charge in [0.05, 0.1) is 10.7 Å². The minimum atomic E-state index is -0.459. The van der Waals surface area contributed by atoms with Crippen molar-refractivity contribution in [3.63, 3.8) is 0 Å². The Balaban J connectivity index is 1.41. The average Bonchev–Trinajstić information content (AvgIpc) is 3.29. The summed E-state index contributed by atoms with van der Waals surface area (Å²) in [7, 11) is 0. The van der Waals surface area contributed by atoms with Crippen LogP contribution in [0.25, 0.3) is 21.7 Å². The van der Waals surface area contributed by atoms with Crippen LogP contribution in [0.5, 0.6) is 5.75 Å². The first-order chi connectivity index (χ1) is 17.0. The normalized spacial score (nSPS) is 11.4. The van der Waals surface area contributed by atoms with Crippen LogP contribution in [0.1, 0.15) is 21.7 Å². The van der Waals surface area contributed by atoms with Gasteiger partial charge in [-0.05, 0) is 57.0 Å². The van der Waals surface area contributed by atoms with Gasteiger partial charge >= 0.3 is 5.91 Å². The van der Waals surface area contributed by atoms with Gasteiger partial charge in [0.1, 0.15) is 17.9 Å². The molecule has 174 valence electrons. The van der Waals surface area contributed by atoms with Gasteiger partial charge in [0.15, 0.2) is 5.76 Å². The Morgan fingerprint density at radius 1 is 1.00 bits per heavy atom. The molecule has 0 aliphatic carbocycles. The number of amides is 1. The fourth-order valence-electron chi connectivity index (χ4n) is 3.70. The topological polar surface area (TPSA) is 63.8 Å². The van der Waals surface area contributed by atoms with Crippen molar-refractivity contribution in [2.24, 2.45) is 5.10 Å². The molecule has 5 rings (SSSR count). The first-order valence-corrected chi connectivity index (χ1v) is 12.6. The lowest BCUT2D eigenvalue weighted by molar-refractivity contribution is 0.0929. The quantitative estimate of drug-likeness (QED) is 0.156. The number of fused-ring (bicyclic) bond motifs is 2. The zero-order chi connectivity index (χ0) is 24.4. The summed E-state index contributed by atoms with van der Waals surface area (Å²) in [5.41, 5.74) is 4.76. The zero-order valence-corrected chi connectivity index (χ0v) is 22.0. The van der Waals surface area contributed by atoms with Crippen LogP contribution in [0, 0.1) is 0 Å². The number of halogens is 3. The number of benzene rings is 4. The largest absolute Gasteiger partial charge is 0.488 e. The average molecular weight is 613 g/mol. The van der Waals surface area contributed by atoms with Crippen LogP contribution >= 0.6 is 43.5 Å². The van der Waals surface area contributed by atoms with Crippen LogP contribution in [-0.4, -0.2) is 12.1 Å². The molecule has 8 heteroatoms. The lowest BCUT2D eigenvalue weighted by Gasteiger charge is -2.12. The molecule has 4 aromatic carbocycles. The van der Waals surface area contributed by atoms with Gasteiger partial charge in [-0.25, -0.2) is 5.43 Å². The molecule has 0 unspecified atom stereocenters. The van der Waals surface area contributed by atoms with Crippen LogP contribution < -0.4 is 10.2 Å². The van der Waals surface area contributed by atoms with E-state index in [1.54, 1.807) is 12.3 Å². The Hall–Kier alpha value is -3.13. The predicted octanol–water partition coefficient (Wildman–Crippen LogP) is 8.11. The SMILES string of the molecule is O=C(N/N=C\c1c(OCc2ccccc2Cl)ccc2ccccc12)c1cc2cc(Br)cc(Br)c2o1. The molecule has 0 atom stereocenters. The maximum Gasteiger partial charge on any atom is 0.307 e. The van der Waals surface area contributed by atoms with E-state index in [1.165, 1.54) is 0 Å². The molecule has 0 fully saturated rings. The van der Waals surface area contributed by atoms with Crippen molar-refractivity contribution < 1.29 is 13.9 Å². The summed E-state index contributed by atoms with van der Waals surface area (Å²) in [6.45, 7) is 0.300. The highest BCUT2D eigenvalue weighted by molar-refractivity contribution is 9.11. The third-order valence-electron chi connectivity index (χ3n) is 5.39. The van der Waals surface area contributed by atoms with E-state index in [-0.39, 0.29) is 5.76 Å². The second-order valence-corrected chi connectivity index (χ2v) is 9.87. The number of carbonyl (C=O) groups is 1. The molecule has 1 aromatic heterocycles. The number of hydrazone groups is 1. The molecule has 1 amide bonds. The first kappa shape index (κ1) is 23.6. The monoisotopic (exact) mass is 610 g/mol. The lowest BCUT2D eigenvalue weighted by Crippen LogP contribution is -2.16. The minimum absolute atomic E-state index is 0.157. The summed E-state index contributed by atoms with van der Waals surface area (Å²) in [4.78, 5) is 12.7. The summed E-state index contributed by atoms with van der Waals surface area (Å²) >= 11 is 13.2. The number of furan rings is 1. The van der Waals surface area contributed by atoms with E-state index in [0.717, 1.165) is 36.2 Å². The fourth-order valence-corrected chi connectivity index (χ4v) is 5.23. The van der Waals surface area contributed by atoms with E-state index in [2.05, 4.69) is 42.4 Å². The third-order valence-corrected chi connectivity index (χ3v) is 6.81. The molecule has 1 heterocycles. The number of nitrogens with one attached hydrogen (secondary N) is 1. The van der Waals surface area contributed by atoms with Crippen molar-refractivity contribution >= 4 is 77.3 Å². The summed E-state index contributed by atoms with van der Waals surface area (Å²) in [6.07, 6.45) is 1.58. The Morgan fingerprint density at radius 2 is 1.80 bits per heavy atom. The van der Waals surface area contributed by atoms with Crippen LogP contribution in [0.15, 0.2) is 97.3 Å². The standard InChI is InChI=1S/C27H17Br2ClN2O3/c28-19-11-18-12-25(35-26(18)22(29)13-19)27(33)32-31-14-21-20-7-3-1-5-16(20)9-10-24(21)34-15-17-6-2-4-8-23(17)30/h1-14H,15H2,(H,32,33)/b31-14-. The number of ether oxygens (including phenoxy) is 1. The van der Waals surface area contributed by atoms with Gasteiger partial charge in [-0.15, -0.1) is 0 Å². The molecule has 1 N–H and O–H groups in total. The molecule has 5 nitrogen and oxygen atoms in total. The molecular formula is C27H17Br2ClN2O3. The van der Waals surface area contributed by atoms with Crippen molar-refractivity contribution in [2.45, 2.75) is 6.61 Å². The maximum absolute atomic E-state index is 12.7. The van der Waals surface area contributed by atoms with Crippen molar-refractivity contribution in [3.05, 3.63) is 110 Å². The highest BCUT2D eigenvalue weighted by Gasteiger charge is 2.15. The van der Waals surface area contributed by atoms with E-state index in [4.69, 9.17) is 20.8 Å². The molecule has 0 radical (unpaired) electrons. The zero-order valence-electron chi connectivity index (χ0n) is 18.1. The summed E-state index contributed by atoms with van der Waals surface area (Å²) < 4.78 is 13.5. The summed E-state index contributed by atoms with van der Waals surface area (Å²) in [5.74, 6) is 0.322. The number of hydrogen-bond donors (Lipinski definition) is 1. The van der Waals surface area contributed by atoms with E-state index < -0.39 is 5.91 Å². The van der Waals surface area contributed by atoms with Gasteiger partial charge in [0.25, 0.3) is 0 Å². The number of rotatable bonds is 6. The van der Waals surface area contributed by atoms with Gasteiger partial charge < -0.3 is 9.15 Å². The Morgan fingerprint density at radius 3 is 2.66 bits per heavy atom. The minimum Gasteiger partial charge on any atom is -0.488 e. The molecule has 35 heavy (non-hydrogen) atoms. The van der Waals surface area contributed by atoms with Gasteiger partial charge in [-0.1, -0.05) is 76.1 Å². The highest BCUT2D eigenvalue weighted by atomic mass is 79.9. The number of hydrogen-bond acceptors (Lipinski definition) is 4. The van der Waals surface area contributed by atoms with Crippen molar-refractivity contribution in [3.8, 4) is 5.75 Å². The molecule has 0 bridgehead atoms. The van der Waals surface area contributed by atoms with Crippen LogP contribution in [-0.2, 0) is 6.61 Å². The second kappa shape index (κ2) is 10.2. The maximum atomic E-state index is 12.7. The molecule has 0 saturated heterocycles. The fraction of sp³-hybridized carbons (Fsp3) is 0.0370. The lowest BCUT2D eigenvalue weighted by atomic mass is 10.0. The predicted molar refractivity (Wildman–Crippen MR) is 146 cm³/mol. The van der Waals surface area contributed by atoms with Gasteiger partial charge in [-0.3, -0.25) is 4.79 Å². The van der Waals surface area contributed by atoms with Gasteiger partial charge in [-0.2, -0.15) is 5.10 Å². The molecule has 0 spiro atoms.